The zero-order valence-corrected chi connectivity index (χ0v) is 39.3. The van der Waals surface area contributed by atoms with Crippen LogP contribution >= 0.6 is 0 Å². The third-order valence-electron chi connectivity index (χ3n) is 11.5. The van der Waals surface area contributed by atoms with Crippen molar-refractivity contribution in [2.24, 2.45) is 0 Å². The third kappa shape index (κ3) is 11.7. The van der Waals surface area contributed by atoms with Crippen LogP contribution in [0.5, 0.6) is 5.75 Å². The van der Waals surface area contributed by atoms with Crippen molar-refractivity contribution in [3.05, 3.63) is 113 Å². The Kier molecular flexibility index (Phi) is 13.7. The summed E-state index contributed by atoms with van der Waals surface area (Å²) in [6.45, 7) is 11.5. The molecule has 0 saturated carbocycles. The Labute approximate surface area is 363 Å². The summed E-state index contributed by atoms with van der Waals surface area (Å²) >= 11 is 0. The third-order valence-corrected chi connectivity index (χ3v) is 13.4. The van der Waals surface area contributed by atoms with Crippen LogP contribution in [0.25, 0.3) is 0 Å². The molecule has 0 unspecified atom stereocenters. The van der Waals surface area contributed by atoms with Gasteiger partial charge in [-0.1, -0.05) is 26.0 Å². The highest BCUT2D eigenvalue weighted by Gasteiger charge is 2.45. The molecule has 14 heteroatoms. The van der Waals surface area contributed by atoms with Gasteiger partial charge in [-0.3, -0.25) is 9.35 Å². The number of nitrogens with zero attached hydrogens (tertiary/aromatic N) is 4. The molecule has 5 rings (SSSR count). The largest absolute Gasteiger partial charge is 0.481 e. The zero-order chi connectivity index (χ0) is 45.3. The molecule has 2 N–H and O–H groups in total. The molecule has 0 fully saturated rings. The monoisotopic (exact) mass is 877 g/mol. The van der Waals surface area contributed by atoms with Gasteiger partial charge in [-0.2, -0.15) is 13.0 Å². The first-order valence-corrected chi connectivity index (χ1v) is 24.0. The van der Waals surface area contributed by atoms with E-state index in [9.17, 15) is 31.3 Å². The Morgan fingerprint density at radius 3 is 2.02 bits per heavy atom. The first kappa shape index (κ1) is 47.4. The van der Waals surface area contributed by atoms with E-state index in [2.05, 4.69) is 65.6 Å². The Bertz CT molecular complexity index is 2500. The van der Waals surface area contributed by atoms with Gasteiger partial charge in [0, 0.05) is 60.1 Å². The molecule has 12 nitrogen and oxygen atoms in total. The molecule has 0 amide bonds. The SMILES string of the molecule is CC1(C)C(=CC=C(C=CC2=[N+](CCC[N+](C)(C)C)c3ccc(S(C)(=O)=O)cc3C2(C)C)Oc2ccc(CCC(=O)O)cc2)N(CCC[N+](C)(C)C)c2ccc(S(=O)(=O)O)cc21. The van der Waals surface area contributed by atoms with Crippen molar-refractivity contribution in [3.63, 3.8) is 0 Å². The molecule has 2 aliphatic rings. The Hall–Kier alpha value is -4.60. The van der Waals surface area contributed by atoms with Gasteiger partial charge in [-0.15, -0.1) is 0 Å². The Morgan fingerprint density at radius 1 is 0.820 bits per heavy atom. The van der Waals surface area contributed by atoms with Gasteiger partial charge in [0.15, 0.2) is 22.1 Å². The lowest BCUT2D eigenvalue weighted by atomic mass is 9.81. The van der Waals surface area contributed by atoms with Gasteiger partial charge in [0.2, 0.25) is 5.69 Å². The zero-order valence-electron chi connectivity index (χ0n) is 37.7. The predicted molar refractivity (Wildman–Crippen MR) is 242 cm³/mol. The molecule has 3 aromatic carbocycles. The number of hydrogen-bond donors (Lipinski definition) is 2. The highest BCUT2D eigenvalue weighted by Crippen LogP contribution is 2.49. The molecule has 0 spiro atoms. The number of aryl methyl sites for hydroxylation is 1. The van der Waals surface area contributed by atoms with Crippen molar-refractivity contribution in [3.8, 4) is 5.75 Å². The Morgan fingerprint density at radius 2 is 1.43 bits per heavy atom. The maximum Gasteiger partial charge on any atom is 0.303 e. The summed E-state index contributed by atoms with van der Waals surface area (Å²) in [5, 5.41) is 9.22. The van der Waals surface area contributed by atoms with Crippen molar-refractivity contribution in [2.75, 3.05) is 79.6 Å². The lowest BCUT2D eigenvalue weighted by Gasteiger charge is -2.29. The van der Waals surface area contributed by atoms with E-state index >= 15 is 0 Å². The minimum atomic E-state index is -4.44. The number of rotatable bonds is 18. The minimum Gasteiger partial charge on any atom is -0.481 e. The predicted octanol–water partition coefficient (Wildman–Crippen LogP) is 7.12. The summed E-state index contributed by atoms with van der Waals surface area (Å²) in [6, 6.07) is 17.5. The van der Waals surface area contributed by atoms with Crippen molar-refractivity contribution >= 4 is 43.0 Å². The standard InChI is InChI=1S/C47H63N4O8S2/c1-46(2)39-32-37(60(11,54)55)21-23-41(39)48(28-12-30-50(5,6)7)43(46)25-19-36(59-35-17-14-34(15-18-35)16-27-45(52)53)20-26-44-47(3,4)40-33-38(61(56,57)58)22-24-42(40)49(44)29-13-31-51(8,9)10/h14-15,17-26,32-33H,12-13,16,27-31H2,1-11H3/q+1/p+2. The van der Waals surface area contributed by atoms with E-state index in [1.54, 1.807) is 24.3 Å². The molecular weight excluding hydrogens is 813 g/mol. The second-order valence-corrected chi connectivity index (χ2v) is 22.8. The van der Waals surface area contributed by atoms with Gasteiger partial charge in [0.05, 0.1) is 77.0 Å². The number of aliphatic carboxylic acids is 1. The van der Waals surface area contributed by atoms with Crippen LogP contribution in [0.4, 0.5) is 11.4 Å². The fourth-order valence-corrected chi connectivity index (χ4v) is 9.30. The minimum absolute atomic E-state index is 0.0184. The van der Waals surface area contributed by atoms with E-state index in [0.29, 0.717) is 31.0 Å². The van der Waals surface area contributed by atoms with Crippen LogP contribution in [0.3, 0.4) is 0 Å². The first-order chi connectivity index (χ1) is 28.1. The molecule has 0 saturated heterocycles. The quantitative estimate of drug-likeness (QED) is 0.0450. The van der Waals surface area contributed by atoms with Gasteiger partial charge in [0.1, 0.15) is 11.5 Å². The lowest BCUT2D eigenvalue weighted by molar-refractivity contribution is -0.871. The van der Waals surface area contributed by atoms with Gasteiger partial charge in [-0.05, 0) is 92.1 Å². The second-order valence-electron chi connectivity index (χ2n) is 19.4. The molecule has 0 radical (unpaired) electrons. The van der Waals surface area contributed by atoms with E-state index in [0.717, 1.165) is 74.4 Å². The van der Waals surface area contributed by atoms with Gasteiger partial charge < -0.3 is 23.7 Å². The van der Waals surface area contributed by atoms with Crippen LogP contribution in [-0.2, 0) is 42.0 Å². The fraction of sp³-hybridized carbons (Fsp3) is 0.447. The molecule has 3 aromatic rings. The number of quaternary nitrogens is 2. The van der Waals surface area contributed by atoms with E-state index in [1.165, 1.54) is 12.3 Å². The van der Waals surface area contributed by atoms with Crippen LogP contribution < -0.4 is 9.64 Å². The molecular formula is C47H65N4O8S2+3. The summed E-state index contributed by atoms with van der Waals surface area (Å²) < 4.78 is 70.5. The maximum atomic E-state index is 12.7. The lowest BCUT2D eigenvalue weighted by Crippen LogP contribution is -2.37. The molecule has 0 atom stereocenters. The van der Waals surface area contributed by atoms with E-state index in [-0.39, 0.29) is 16.2 Å². The van der Waals surface area contributed by atoms with Crippen LogP contribution in [0.15, 0.2) is 106 Å². The number of carboxylic acids is 1. The number of hydrogen-bond acceptors (Lipinski definition) is 7. The van der Waals surface area contributed by atoms with Crippen LogP contribution in [-0.4, -0.2) is 126 Å². The molecule has 0 bridgehead atoms. The molecule has 330 valence electrons. The summed E-state index contributed by atoms with van der Waals surface area (Å²) in [4.78, 5) is 13.6. The fourth-order valence-electron chi connectivity index (χ4n) is 8.15. The Balaban J connectivity index is 1.65. The summed E-state index contributed by atoms with van der Waals surface area (Å²) in [5.74, 6) is 0.191. The highest BCUT2D eigenvalue weighted by molar-refractivity contribution is 7.90. The van der Waals surface area contributed by atoms with Crippen LogP contribution in [0, 0.1) is 0 Å². The average Bonchev–Trinajstić information content (AvgIpc) is 3.48. The summed E-state index contributed by atoms with van der Waals surface area (Å²) in [6.07, 6.45) is 11.3. The number of anilines is 1. The van der Waals surface area contributed by atoms with E-state index in [4.69, 9.17) is 4.74 Å². The van der Waals surface area contributed by atoms with Gasteiger partial charge >= 0.3 is 5.97 Å². The number of fused-ring (bicyclic) bond motifs is 2. The topological polar surface area (TPSA) is 141 Å². The smallest absolute Gasteiger partial charge is 0.303 e. The number of sulfone groups is 1. The normalized spacial score (nSPS) is 17.3. The van der Waals surface area contributed by atoms with Gasteiger partial charge in [-0.25, -0.2) is 8.42 Å². The number of allylic oxidation sites excluding steroid dienone is 5. The molecule has 2 aliphatic heterocycles. The molecule has 0 aliphatic carbocycles. The summed E-state index contributed by atoms with van der Waals surface area (Å²) in [5.41, 5.74) is 5.08. The highest BCUT2D eigenvalue weighted by atomic mass is 32.2. The van der Waals surface area contributed by atoms with E-state index < -0.39 is 36.8 Å². The molecule has 61 heavy (non-hydrogen) atoms. The number of carbonyl (C=O) groups is 1. The van der Waals surface area contributed by atoms with Gasteiger partial charge in [0.25, 0.3) is 10.1 Å². The maximum absolute atomic E-state index is 12.7. The van der Waals surface area contributed by atoms with Crippen molar-refractivity contribution < 1.29 is 49.6 Å². The van der Waals surface area contributed by atoms with Crippen LogP contribution in [0.1, 0.15) is 63.6 Å². The second kappa shape index (κ2) is 17.6. The number of benzene rings is 3. The van der Waals surface area contributed by atoms with Crippen molar-refractivity contribution in [1.29, 1.82) is 0 Å². The van der Waals surface area contributed by atoms with E-state index in [1.807, 2.05) is 68.5 Å². The van der Waals surface area contributed by atoms with Crippen LogP contribution in [0.2, 0.25) is 0 Å². The number of carboxylic acid groups (broad SMARTS) is 1. The number of ether oxygens (including phenoxy) is 1. The first-order valence-electron chi connectivity index (χ1n) is 20.7. The molecule has 2 heterocycles. The van der Waals surface area contributed by atoms with Crippen molar-refractivity contribution in [2.45, 2.75) is 74.0 Å². The average molecular weight is 878 g/mol. The summed E-state index contributed by atoms with van der Waals surface area (Å²) in [7, 11) is 5.03. The molecule has 0 aromatic heterocycles. The van der Waals surface area contributed by atoms with Crippen molar-refractivity contribution in [1.82, 2.24) is 0 Å².